The molecule has 0 spiro atoms. The van der Waals surface area contributed by atoms with Crippen LogP contribution in [-0.4, -0.2) is 49.3 Å². The van der Waals surface area contributed by atoms with Crippen molar-refractivity contribution in [2.45, 2.75) is 31.4 Å². The number of hydrogen-bond acceptors (Lipinski definition) is 5. The summed E-state index contributed by atoms with van der Waals surface area (Å²) in [6.07, 6.45) is -1.24. The molecule has 8 heteroatoms. The van der Waals surface area contributed by atoms with Crippen LogP contribution in [0.2, 0.25) is 5.02 Å². The minimum atomic E-state index is -1.07. The average Bonchev–Trinajstić information content (AvgIpc) is 2.73. The van der Waals surface area contributed by atoms with Crippen LogP contribution in [-0.2, 0) is 30.3 Å². The first-order valence-corrected chi connectivity index (χ1v) is 9.68. The fourth-order valence-electron chi connectivity index (χ4n) is 3.03. The summed E-state index contributed by atoms with van der Waals surface area (Å²) in [5.74, 6) is -2.19. The molecule has 0 aliphatic rings. The Kier molecular flexibility index (Phi) is 8.83. The molecule has 1 unspecified atom stereocenters. The number of carboxylic acids is 1. The number of carboxylic acid groups (broad SMARTS) is 1. The first-order chi connectivity index (χ1) is 14.3. The molecule has 160 valence electrons. The van der Waals surface area contributed by atoms with E-state index in [0.29, 0.717) is 11.4 Å². The maximum atomic E-state index is 12.2. The number of halogens is 1. The molecule has 0 aliphatic heterocycles. The molecule has 0 fully saturated rings. The van der Waals surface area contributed by atoms with Crippen LogP contribution in [0, 0.1) is 0 Å². The number of esters is 1. The molecule has 0 saturated carbocycles. The zero-order valence-electron chi connectivity index (χ0n) is 16.8. The summed E-state index contributed by atoms with van der Waals surface area (Å²) in [5, 5.41) is 12.1. The number of methoxy groups -OCH3 is 2. The molecule has 2 N–H and O–H groups in total. The van der Waals surface area contributed by atoms with Crippen molar-refractivity contribution in [3.05, 3.63) is 59.1 Å². The van der Waals surface area contributed by atoms with Gasteiger partial charge >= 0.3 is 11.9 Å². The number of ether oxygens (including phenoxy) is 2. The first kappa shape index (κ1) is 23.4. The smallest absolute Gasteiger partial charge is 0.337 e. The van der Waals surface area contributed by atoms with Crippen molar-refractivity contribution < 1.29 is 29.0 Å². The Balaban J connectivity index is 2.18. The molecule has 0 radical (unpaired) electrons. The van der Waals surface area contributed by atoms with Crippen molar-refractivity contribution in [1.82, 2.24) is 5.32 Å². The predicted molar refractivity (Wildman–Crippen MR) is 112 cm³/mol. The third-order valence-corrected chi connectivity index (χ3v) is 4.77. The van der Waals surface area contributed by atoms with E-state index in [-0.39, 0.29) is 12.8 Å². The number of nitrogens with one attached hydrogen (secondary N) is 1. The number of carbonyl (C=O) groups excluding carboxylic acids is 2. The van der Waals surface area contributed by atoms with Crippen LogP contribution >= 0.6 is 11.6 Å². The second-order valence-electron chi connectivity index (χ2n) is 6.66. The largest absolute Gasteiger partial charge is 0.481 e. The van der Waals surface area contributed by atoms with Gasteiger partial charge in [0.1, 0.15) is 0 Å². The van der Waals surface area contributed by atoms with E-state index in [9.17, 15) is 14.4 Å². The van der Waals surface area contributed by atoms with Gasteiger partial charge in [-0.2, -0.15) is 0 Å². The standard InChI is InChI=1S/C22H24ClNO6/c1-29-21(22(28)30-2)18(24-19(25)10-11-20(26)27)12-14-6-8-15(9-7-14)16-4-3-5-17(23)13-16/h3-9,13,18,21H,10-12H2,1-2H3,(H,24,25)(H,26,27)/t18?,21-/m0/s1. The van der Waals surface area contributed by atoms with Gasteiger partial charge in [-0.05, 0) is 35.2 Å². The molecule has 0 aliphatic carbocycles. The lowest BCUT2D eigenvalue weighted by atomic mass is 9.98. The number of aliphatic carboxylic acids is 1. The summed E-state index contributed by atoms with van der Waals surface area (Å²) in [6, 6.07) is 14.4. The van der Waals surface area contributed by atoms with E-state index in [0.717, 1.165) is 16.7 Å². The van der Waals surface area contributed by atoms with E-state index in [1.165, 1.54) is 14.2 Å². The Morgan fingerprint density at radius 2 is 1.73 bits per heavy atom. The molecular formula is C22H24ClNO6. The molecule has 30 heavy (non-hydrogen) atoms. The molecule has 2 aromatic carbocycles. The maximum absolute atomic E-state index is 12.2. The van der Waals surface area contributed by atoms with E-state index in [1.807, 2.05) is 42.5 Å². The van der Waals surface area contributed by atoms with Crippen LogP contribution < -0.4 is 5.32 Å². The van der Waals surface area contributed by atoms with Gasteiger partial charge in [0.05, 0.1) is 19.6 Å². The second-order valence-corrected chi connectivity index (χ2v) is 7.10. The molecular weight excluding hydrogens is 410 g/mol. The summed E-state index contributed by atoms with van der Waals surface area (Å²) in [6.45, 7) is 0. The number of rotatable bonds is 10. The van der Waals surface area contributed by atoms with Crippen LogP contribution in [0.1, 0.15) is 18.4 Å². The van der Waals surface area contributed by atoms with Gasteiger partial charge in [0.15, 0.2) is 6.10 Å². The summed E-state index contributed by atoms with van der Waals surface area (Å²) < 4.78 is 10.0. The lowest BCUT2D eigenvalue weighted by Crippen LogP contribution is -2.49. The van der Waals surface area contributed by atoms with Crippen LogP contribution in [0.15, 0.2) is 48.5 Å². The fraction of sp³-hybridized carbons (Fsp3) is 0.318. The summed E-state index contributed by atoms with van der Waals surface area (Å²) >= 11 is 6.05. The zero-order valence-corrected chi connectivity index (χ0v) is 17.5. The fourth-order valence-corrected chi connectivity index (χ4v) is 3.22. The van der Waals surface area contributed by atoms with Gasteiger partial charge in [-0.1, -0.05) is 48.0 Å². The van der Waals surface area contributed by atoms with Crippen molar-refractivity contribution in [2.75, 3.05) is 14.2 Å². The monoisotopic (exact) mass is 433 g/mol. The Morgan fingerprint density at radius 3 is 2.30 bits per heavy atom. The van der Waals surface area contributed by atoms with Crippen molar-refractivity contribution in [1.29, 1.82) is 0 Å². The van der Waals surface area contributed by atoms with Gasteiger partial charge < -0.3 is 19.9 Å². The first-order valence-electron chi connectivity index (χ1n) is 9.30. The summed E-state index contributed by atoms with van der Waals surface area (Å²) in [7, 11) is 2.58. The van der Waals surface area contributed by atoms with E-state index < -0.39 is 30.0 Å². The van der Waals surface area contributed by atoms with E-state index in [1.54, 1.807) is 6.07 Å². The quantitative estimate of drug-likeness (QED) is 0.558. The highest BCUT2D eigenvalue weighted by Gasteiger charge is 2.30. The van der Waals surface area contributed by atoms with E-state index in [4.69, 9.17) is 26.2 Å². The van der Waals surface area contributed by atoms with Crippen LogP contribution in [0.4, 0.5) is 0 Å². The van der Waals surface area contributed by atoms with Gasteiger partial charge in [-0.3, -0.25) is 9.59 Å². The maximum Gasteiger partial charge on any atom is 0.337 e. The minimum absolute atomic E-state index is 0.197. The molecule has 2 rings (SSSR count). The minimum Gasteiger partial charge on any atom is -0.481 e. The number of hydrogen-bond donors (Lipinski definition) is 2. The molecule has 1 amide bonds. The molecule has 2 atom stereocenters. The Hall–Kier alpha value is -2.90. The Bertz CT molecular complexity index is 883. The molecule has 0 saturated heterocycles. The van der Waals surface area contributed by atoms with Crippen molar-refractivity contribution in [3.8, 4) is 11.1 Å². The topological polar surface area (TPSA) is 102 Å². The molecule has 0 aromatic heterocycles. The van der Waals surface area contributed by atoms with Crippen molar-refractivity contribution in [3.63, 3.8) is 0 Å². The Labute approximate surface area is 179 Å². The van der Waals surface area contributed by atoms with Crippen LogP contribution in [0.3, 0.4) is 0 Å². The lowest BCUT2D eigenvalue weighted by molar-refractivity contribution is -0.154. The van der Waals surface area contributed by atoms with Crippen LogP contribution in [0.25, 0.3) is 11.1 Å². The third-order valence-electron chi connectivity index (χ3n) is 4.53. The highest BCUT2D eigenvalue weighted by atomic mass is 35.5. The second kappa shape index (κ2) is 11.3. The highest BCUT2D eigenvalue weighted by Crippen LogP contribution is 2.23. The van der Waals surface area contributed by atoms with Crippen molar-refractivity contribution in [2.24, 2.45) is 0 Å². The van der Waals surface area contributed by atoms with E-state index >= 15 is 0 Å². The molecule has 0 bridgehead atoms. The zero-order chi connectivity index (χ0) is 22.1. The number of benzene rings is 2. The van der Waals surface area contributed by atoms with Crippen molar-refractivity contribution >= 4 is 29.4 Å². The molecule has 7 nitrogen and oxygen atoms in total. The third kappa shape index (κ3) is 6.86. The number of amides is 1. The highest BCUT2D eigenvalue weighted by molar-refractivity contribution is 6.30. The van der Waals surface area contributed by atoms with Crippen LogP contribution in [0.5, 0.6) is 0 Å². The molecule has 2 aromatic rings. The summed E-state index contributed by atoms with van der Waals surface area (Å²) in [4.78, 5) is 35.0. The lowest BCUT2D eigenvalue weighted by Gasteiger charge is -2.25. The normalized spacial score (nSPS) is 12.6. The van der Waals surface area contributed by atoms with Gasteiger partial charge in [0.2, 0.25) is 5.91 Å². The van der Waals surface area contributed by atoms with Gasteiger partial charge in [-0.15, -0.1) is 0 Å². The number of carbonyl (C=O) groups is 3. The van der Waals surface area contributed by atoms with Gasteiger partial charge in [-0.25, -0.2) is 4.79 Å². The Morgan fingerprint density at radius 1 is 1.03 bits per heavy atom. The summed E-state index contributed by atoms with van der Waals surface area (Å²) in [5.41, 5.74) is 2.80. The SMILES string of the molecule is COC(=O)[C@@H](OC)C(Cc1ccc(-c2cccc(Cl)c2)cc1)NC(=O)CCC(=O)O. The van der Waals surface area contributed by atoms with Gasteiger partial charge in [0, 0.05) is 18.6 Å². The predicted octanol–water partition coefficient (Wildman–Crippen LogP) is 3.09. The molecule has 0 heterocycles. The van der Waals surface area contributed by atoms with Gasteiger partial charge in [0.25, 0.3) is 0 Å². The van der Waals surface area contributed by atoms with E-state index in [2.05, 4.69) is 5.32 Å². The average molecular weight is 434 g/mol.